The van der Waals surface area contributed by atoms with Crippen LogP contribution < -0.4 is 0 Å². The van der Waals surface area contributed by atoms with Gasteiger partial charge in [0.05, 0.1) is 6.61 Å². The predicted molar refractivity (Wildman–Crippen MR) is 65.5 cm³/mol. The highest BCUT2D eigenvalue weighted by atomic mass is 16.6. The fraction of sp³-hybridized carbons (Fsp3) is 0.200. The third kappa shape index (κ3) is 1.75. The summed E-state index contributed by atoms with van der Waals surface area (Å²) in [5.74, 6) is 0. The van der Waals surface area contributed by atoms with E-state index < -0.39 is 11.7 Å². The summed E-state index contributed by atoms with van der Waals surface area (Å²) in [6.45, 7) is 0.576. The Hall–Kier alpha value is -1.64. The van der Waals surface area contributed by atoms with E-state index in [4.69, 9.17) is 4.74 Å². The minimum Gasteiger partial charge on any atom is -0.385 e. The Morgan fingerprint density at radius 2 is 1.47 bits per heavy atom. The molecule has 1 heterocycles. The lowest BCUT2D eigenvalue weighted by atomic mass is 9.90. The smallest absolute Gasteiger partial charge is 0.146 e. The molecule has 1 aliphatic rings. The molecule has 1 fully saturated rings. The van der Waals surface area contributed by atoms with Crippen LogP contribution in [0.5, 0.6) is 0 Å². The average Bonchev–Trinajstić information content (AvgIpc) is 3.21. The molecule has 2 aromatic carbocycles. The molecule has 2 atom stereocenters. The molecule has 0 bridgehead atoms. The summed E-state index contributed by atoms with van der Waals surface area (Å²) >= 11 is 0. The van der Waals surface area contributed by atoms with E-state index in [1.807, 2.05) is 60.7 Å². The van der Waals surface area contributed by atoms with Gasteiger partial charge in [-0.15, -0.1) is 0 Å². The number of hydrogen-bond donors (Lipinski definition) is 1. The fourth-order valence-corrected chi connectivity index (χ4v) is 2.18. The van der Waals surface area contributed by atoms with Gasteiger partial charge >= 0.3 is 0 Å². The number of benzene rings is 2. The van der Waals surface area contributed by atoms with Crippen LogP contribution in [0, 0.1) is 0 Å². The SMILES string of the molecule is O[C@H](c1ccccc1)[C@@]1(c2ccccc2)CO1. The van der Waals surface area contributed by atoms with Gasteiger partial charge in [0.1, 0.15) is 11.7 Å². The van der Waals surface area contributed by atoms with Gasteiger partial charge in [-0.2, -0.15) is 0 Å². The Morgan fingerprint density at radius 3 is 2.00 bits per heavy atom. The largest absolute Gasteiger partial charge is 0.385 e. The second-order valence-electron chi connectivity index (χ2n) is 4.36. The Kier molecular flexibility index (Phi) is 2.46. The highest BCUT2D eigenvalue weighted by molar-refractivity contribution is 5.33. The van der Waals surface area contributed by atoms with Crippen molar-refractivity contribution >= 4 is 0 Å². The first-order valence-corrected chi connectivity index (χ1v) is 5.75. The molecule has 2 aromatic rings. The minimum atomic E-state index is -0.605. The van der Waals surface area contributed by atoms with Crippen molar-refractivity contribution in [2.45, 2.75) is 11.7 Å². The second-order valence-corrected chi connectivity index (χ2v) is 4.36. The molecular weight excluding hydrogens is 212 g/mol. The summed E-state index contributed by atoms with van der Waals surface area (Å²) in [5, 5.41) is 10.4. The van der Waals surface area contributed by atoms with Crippen molar-refractivity contribution in [1.29, 1.82) is 0 Å². The quantitative estimate of drug-likeness (QED) is 0.816. The number of epoxide rings is 1. The standard InChI is InChI=1S/C15H14O2/c16-14(12-7-3-1-4-8-12)15(11-17-15)13-9-5-2-6-10-13/h1-10,14,16H,11H2/t14-,15+/m1/s1. The van der Waals surface area contributed by atoms with E-state index >= 15 is 0 Å². The van der Waals surface area contributed by atoms with Crippen molar-refractivity contribution in [3.8, 4) is 0 Å². The van der Waals surface area contributed by atoms with E-state index in [1.165, 1.54) is 0 Å². The van der Waals surface area contributed by atoms with Crippen molar-refractivity contribution < 1.29 is 9.84 Å². The average molecular weight is 226 g/mol. The normalized spacial score (nSPS) is 24.3. The van der Waals surface area contributed by atoms with Crippen LogP contribution in [-0.4, -0.2) is 11.7 Å². The first-order valence-electron chi connectivity index (χ1n) is 5.75. The Bertz CT molecular complexity index is 489. The Morgan fingerprint density at radius 1 is 0.941 bits per heavy atom. The van der Waals surface area contributed by atoms with Gasteiger partial charge in [0.15, 0.2) is 0 Å². The fourth-order valence-electron chi connectivity index (χ4n) is 2.18. The van der Waals surface area contributed by atoms with E-state index in [-0.39, 0.29) is 0 Å². The molecule has 2 nitrogen and oxygen atoms in total. The summed E-state index contributed by atoms with van der Waals surface area (Å²) in [4.78, 5) is 0. The molecule has 86 valence electrons. The molecule has 1 aliphatic heterocycles. The lowest BCUT2D eigenvalue weighted by Crippen LogP contribution is -2.19. The van der Waals surface area contributed by atoms with Crippen molar-refractivity contribution in [2.75, 3.05) is 6.61 Å². The predicted octanol–water partition coefficient (Wildman–Crippen LogP) is 2.65. The van der Waals surface area contributed by atoms with Gasteiger partial charge in [0, 0.05) is 0 Å². The Labute approximate surface area is 100 Å². The summed E-state index contributed by atoms with van der Waals surface area (Å²) in [5.41, 5.74) is 1.40. The summed E-state index contributed by atoms with van der Waals surface area (Å²) in [7, 11) is 0. The zero-order valence-electron chi connectivity index (χ0n) is 9.41. The van der Waals surface area contributed by atoms with Crippen LogP contribution >= 0.6 is 0 Å². The van der Waals surface area contributed by atoms with Crippen molar-refractivity contribution in [3.05, 3.63) is 71.8 Å². The van der Waals surface area contributed by atoms with Gasteiger partial charge in [0.2, 0.25) is 0 Å². The maximum Gasteiger partial charge on any atom is 0.146 e. The van der Waals surface area contributed by atoms with Crippen molar-refractivity contribution in [1.82, 2.24) is 0 Å². The first kappa shape index (κ1) is 10.5. The maximum absolute atomic E-state index is 10.4. The third-order valence-corrected chi connectivity index (χ3v) is 3.27. The Balaban J connectivity index is 1.95. The van der Waals surface area contributed by atoms with Gasteiger partial charge < -0.3 is 9.84 Å². The molecular formula is C15H14O2. The molecule has 3 rings (SSSR count). The van der Waals surface area contributed by atoms with Gasteiger partial charge in [0.25, 0.3) is 0 Å². The van der Waals surface area contributed by atoms with Gasteiger partial charge in [-0.1, -0.05) is 60.7 Å². The van der Waals surface area contributed by atoms with Gasteiger partial charge in [-0.25, -0.2) is 0 Å². The van der Waals surface area contributed by atoms with Crippen LogP contribution in [0.3, 0.4) is 0 Å². The van der Waals surface area contributed by atoms with Gasteiger partial charge in [-0.3, -0.25) is 0 Å². The summed E-state index contributed by atoms with van der Waals surface area (Å²) in [6.07, 6.45) is -0.605. The molecule has 1 saturated heterocycles. The van der Waals surface area contributed by atoms with Crippen LogP contribution in [-0.2, 0) is 10.3 Å². The highest BCUT2D eigenvalue weighted by Crippen LogP contribution is 2.48. The number of rotatable bonds is 3. The van der Waals surface area contributed by atoms with E-state index in [2.05, 4.69) is 0 Å². The lowest BCUT2D eigenvalue weighted by molar-refractivity contribution is 0.0730. The number of aliphatic hydroxyl groups is 1. The second kappa shape index (κ2) is 3.99. The molecule has 0 radical (unpaired) electrons. The minimum absolute atomic E-state index is 0.539. The third-order valence-electron chi connectivity index (χ3n) is 3.27. The topological polar surface area (TPSA) is 32.8 Å². The monoisotopic (exact) mass is 226 g/mol. The van der Waals surface area contributed by atoms with Crippen LogP contribution in [0.15, 0.2) is 60.7 Å². The van der Waals surface area contributed by atoms with Crippen molar-refractivity contribution in [2.24, 2.45) is 0 Å². The van der Waals surface area contributed by atoms with E-state index in [0.717, 1.165) is 11.1 Å². The van der Waals surface area contributed by atoms with Crippen LogP contribution in [0.2, 0.25) is 0 Å². The molecule has 1 N–H and O–H groups in total. The molecule has 0 aliphatic carbocycles. The molecule has 0 unspecified atom stereocenters. The molecule has 0 spiro atoms. The van der Waals surface area contributed by atoms with Crippen LogP contribution in [0.4, 0.5) is 0 Å². The van der Waals surface area contributed by atoms with E-state index in [9.17, 15) is 5.11 Å². The number of aliphatic hydroxyl groups excluding tert-OH is 1. The zero-order chi connectivity index (χ0) is 11.7. The molecule has 0 aromatic heterocycles. The molecule has 17 heavy (non-hydrogen) atoms. The molecule has 0 amide bonds. The maximum atomic E-state index is 10.4. The van der Waals surface area contributed by atoms with Crippen molar-refractivity contribution in [3.63, 3.8) is 0 Å². The molecule has 0 saturated carbocycles. The van der Waals surface area contributed by atoms with Gasteiger partial charge in [-0.05, 0) is 11.1 Å². The summed E-state index contributed by atoms with van der Waals surface area (Å²) in [6, 6.07) is 19.6. The summed E-state index contributed by atoms with van der Waals surface area (Å²) < 4.78 is 5.55. The first-order chi connectivity index (χ1) is 8.33. The van der Waals surface area contributed by atoms with Crippen LogP contribution in [0.25, 0.3) is 0 Å². The van der Waals surface area contributed by atoms with Crippen LogP contribution in [0.1, 0.15) is 17.2 Å². The number of ether oxygens (including phenoxy) is 1. The van der Waals surface area contributed by atoms with E-state index in [1.54, 1.807) is 0 Å². The van der Waals surface area contributed by atoms with E-state index in [0.29, 0.717) is 6.61 Å². The lowest BCUT2D eigenvalue weighted by Gasteiger charge is -2.19. The number of hydrogen-bond acceptors (Lipinski definition) is 2. The highest BCUT2D eigenvalue weighted by Gasteiger charge is 2.53. The zero-order valence-corrected chi connectivity index (χ0v) is 9.41. The molecule has 2 heteroatoms.